The van der Waals surface area contributed by atoms with Crippen LogP contribution in [0.4, 0.5) is 0 Å². The average molecular weight is 584 g/mol. The monoisotopic (exact) mass is 583 g/mol. The van der Waals surface area contributed by atoms with Crippen molar-refractivity contribution in [3.8, 4) is 5.75 Å². The number of carboxylic acids is 1. The Morgan fingerprint density at radius 1 is 0.786 bits per heavy atom. The highest BCUT2D eigenvalue weighted by Gasteiger charge is 2.31. The molecular formula is C26H33N9O7. The third kappa shape index (κ3) is 9.74. The Bertz CT molecular complexity index is 1340. The number of aromatic amines is 2. The normalized spacial score (nSPS) is 13.7. The molecule has 0 aliphatic heterocycles. The van der Waals surface area contributed by atoms with E-state index in [9.17, 15) is 34.2 Å². The lowest BCUT2D eigenvalue weighted by atomic mass is 10.0. The molecule has 16 nitrogen and oxygen atoms in total. The Hall–Kier alpha value is -5.25. The predicted octanol–water partition coefficient (Wildman–Crippen LogP) is -2.00. The lowest BCUT2D eigenvalue weighted by Crippen LogP contribution is -2.58. The highest BCUT2D eigenvalue weighted by molar-refractivity contribution is 5.94. The number of primary amides is 1. The van der Waals surface area contributed by atoms with Crippen LogP contribution in [0, 0.1) is 0 Å². The Kier molecular flexibility index (Phi) is 11.1. The molecule has 0 fully saturated rings. The summed E-state index contributed by atoms with van der Waals surface area (Å²) >= 11 is 0. The number of hydrogen-bond donors (Lipinski definition) is 9. The number of nitrogens with two attached hydrogens (primary N) is 2. The lowest BCUT2D eigenvalue weighted by molar-refractivity contribution is -0.142. The van der Waals surface area contributed by atoms with E-state index in [1.807, 2.05) is 0 Å². The molecule has 4 atom stereocenters. The summed E-state index contributed by atoms with van der Waals surface area (Å²) in [5.41, 5.74) is 12.9. The van der Waals surface area contributed by atoms with Gasteiger partial charge in [0, 0.05) is 43.0 Å². The van der Waals surface area contributed by atoms with Crippen LogP contribution in [0.3, 0.4) is 0 Å². The number of aromatic nitrogens is 4. The Balaban J connectivity index is 1.74. The number of nitrogens with zero attached hydrogens (tertiary/aromatic N) is 2. The Labute approximate surface area is 239 Å². The minimum atomic E-state index is -1.37. The van der Waals surface area contributed by atoms with Gasteiger partial charge in [-0.2, -0.15) is 0 Å². The second-order valence-electron chi connectivity index (χ2n) is 9.57. The highest BCUT2D eigenvalue weighted by Crippen LogP contribution is 2.11. The number of phenols is 1. The molecule has 0 radical (unpaired) electrons. The molecular weight excluding hydrogens is 550 g/mol. The molecule has 2 aromatic heterocycles. The Morgan fingerprint density at radius 2 is 1.31 bits per heavy atom. The number of carboxylic acid groups (broad SMARTS) is 1. The zero-order valence-corrected chi connectivity index (χ0v) is 22.4. The quantitative estimate of drug-likeness (QED) is 0.0894. The number of rotatable bonds is 16. The number of nitrogens with one attached hydrogen (secondary N) is 5. The molecule has 42 heavy (non-hydrogen) atoms. The van der Waals surface area contributed by atoms with Gasteiger partial charge >= 0.3 is 5.97 Å². The van der Waals surface area contributed by atoms with Crippen molar-refractivity contribution in [2.45, 2.75) is 56.3 Å². The molecule has 0 bridgehead atoms. The van der Waals surface area contributed by atoms with Gasteiger partial charge in [0.1, 0.15) is 23.9 Å². The van der Waals surface area contributed by atoms with Crippen LogP contribution in [-0.4, -0.2) is 83.9 Å². The molecule has 2 heterocycles. The van der Waals surface area contributed by atoms with Gasteiger partial charge in [-0.1, -0.05) is 12.1 Å². The summed E-state index contributed by atoms with van der Waals surface area (Å²) in [7, 11) is 0. The molecule has 3 aromatic rings. The molecule has 4 unspecified atom stereocenters. The van der Waals surface area contributed by atoms with E-state index in [2.05, 4.69) is 35.9 Å². The van der Waals surface area contributed by atoms with Gasteiger partial charge in [-0.3, -0.25) is 19.2 Å². The summed E-state index contributed by atoms with van der Waals surface area (Å²) < 4.78 is 0. The van der Waals surface area contributed by atoms with Crippen LogP contribution in [0.25, 0.3) is 0 Å². The molecule has 3 rings (SSSR count). The van der Waals surface area contributed by atoms with E-state index in [-0.39, 0.29) is 37.9 Å². The standard InChI is InChI=1S/C26H33N9O7/c27-18(7-14-1-3-17(36)4-2-14)23(38)34-20(8-15-10-29-12-31-15)25(40)33-19(5-6-22(28)37)24(39)35-21(26(41)42)9-16-11-30-13-32-16/h1-4,10-13,18-21,36H,5-9,27H2,(H2,28,37)(H,29,31)(H,30,32)(H,33,40)(H,34,38)(H,35,39)(H,41,42). The molecule has 4 amide bonds. The van der Waals surface area contributed by atoms with Crippen molar-refractivity contribution >= 4 is 29.6 Å². The maximum Gasteiger partial charge on any atom is 0.326 e. The van der Waals surface area contributed by atoms with Gasteiger partial charge in [0.05, 0.1) is 18.7 Å². The van der Waals surface area contributed by atoms with Gasteiger partial charge in [-0.25, -0.2) is 14.8 Å². The number of carbonyl (C=O) groups excluding carboxylic acids is 4. The Morgan fingerprint density at radius 3 is 1.83 bits per heavy atom. The van der Waals surface area contributed by atoms with Gasteiger partial charge in [0.25, 0.3) is 0 Å². The first kappa shape index (κ1) is 31.3. The van der Waals surface area contributed by atoms with Gasteiger partial charge in [-0.15, -0.1) is 0 Å². The molecule has 0 aliphatic rings. The van der Waals surface area contributed by atoms with Crippen molar-refractivity contribution in [1.82, 2.24) is 35.9 Å². The minimum absolute atomic E-state index is 0.0504. The fourth-order valence-corrected chi connectivity index (χ4v) is 4.00. The molecule has 1 aromatic carbocycles. The van der Waals surface area contributed by atoms with Crippen molar-refractivity contribution in [3.63, 3.8) is 0 Å². The number of aliphatic carboxylic acids is 1. The second kappa shape index (κ2) is 14.9. The van der Waals surface area contributed by atoms with Crippen LogP contribution in [0.2, 0.25) is 0 Å². The van der Waals surface area contributed by atoms with Crippen molar-refractivity contribution in [3.05, 3.63) is 66.3 Å². The van der Waals surface area contributed by atoms with Crippen LogP contribution < -0.4 is 27.4 Å². The van der Waals surface area contributed by atoms with Crippen molar-refractivity contribution in [1.29, 1.82) is 0 Å². The fraction of sp³-hybridized carbons (Fsp3) is 0.346. The van der Waals surface area contributed by atoms with Crippen molar-refractivity contribution in [2.75, 3.05) is 0 Å². The summed E-state index contributed by atoms with van der Waals surface area (Å²) in [6.07, 6.45) is 5.03. The lowest BCUT2D eigenvalue weighted by Gasteiger charge is -2.25. The number of H-pyrrole nitrogens is 2. The van der Waals surface area contributed by atoms with E-state index in [0.29, 0.717) is 17.0 Å². The molecule has 16 heteroatoms. The van der Waals surface area contributed by atoms with Crippen LogP contribution in [0.5, 0.6) is 5.75 Å². The predicted molar refractivity (Wildman–Crippen MR) is 146 cm³/mol. The zero-order chi connectivity index (χ0) is 30.6. The molecule has 0 spiro atoms. The average Bonchev–Trinajstić information content (AvgIpc) is 3.65. The van der Waals surface area contributed by atoms with E-state index >= 15 is 0 Å². The summed E-state index contributed by atoms with van der Waals surface area (Å²) in [4.78, 5) is 76.1. The van der Waals surface area contributed by atoms with Gasteiger partial charge < -0.3 is 47.6 Å². The SMILES string of the molecule is NC(=O)CCC(NC(=O)C(Cc1cnc[nH]1)NC(=O)C(N)Cc1ccc(O)cc1)C(=O)NC(Cc1cnc[nH]1)C(=O)O. The summed E-state index contributed by atoms with van der Waals surface area (Å²) in [5.74, 6) is -4.33. The number of amides is 4. The molecule has 0 aliphatic carbocycles. The number of imidazole rings is 2. The highest BCUT2D eigenvalue weighted by atomic mass is 16.4. The number of aromatic hydroxyl groups is 1. The second-order valence-corrected chi connectivity index (χ2v) is 9.57. The van der Waals surface area contributed by atoms with E-state index in [0.717, 1.165) is 0 Å². The largest absolute Gasteiger partial charge is 0.508 e. The third-order valence-corrected chi connectivity index (χ3v) is 6.25. The molecule has 11 N–H and O–H groups in total. The van der Waals surface area contributed by atoms with Crippen LogP contribution in [0.1, 0.15) is 29.8 Å². The minimum Gasteiger partial charge on any atom is -0.508 e. The molecule has 0 saturated heterocycles. The maximum atomic E-state index is 13.4. The van der Waals surface area contributed by atoms with Gasteiger partial charge in [-0.05, 0) is 30.5 Å². The first-order chi connectivity index (χ1) is 20.0. The number of benzene rings is 1. The maximum absolute atomic E-state index is 13.4. The fourth-order valence-electron chi connectivity index (χ4n) is 4.00. The zero-order valence-electron chi connectivity index (χ0n) is 22.4. The smallest absolute Gasteiger partial charge is 0.326 e. The summed E-state index contributed by atoms with van der Waals surface area (Å²) in [6.45, 7) is 0. The van der Waals surface area contributed by atoms with Crippen LogP contribution >= 0.6 is 0 Å². The van der Waals surface area contributed by atoms with E-state index in [1.165, 1.54) is 37.2 Å². The van der Waals surface area contributed by atoms with Crippen molar-refractivity contribution < 1.29 is 34.2 Å². The number of hydrogen-bond acceptors (Lipinski definition) is 9. The van der Waals surface area contributed by atoms with Gasteiger partial charge in [0.15, 0.2) is 0 Å². The molecule has 0 saturated carbocycles. The first-order valence-electron chi connectivity index (χ1n) is 12.9. The van der Waals surface area contributed by atoms with Gasteiger partial charge in [0.2, 0.25) is 23.6 Å². The number of carbonyl (C=O) groups is 5. The molecule has 224 valence electrons. The summed E-state index contributed by atoms with van der Waals surface area (Å²) in [6, 6.07) is 1.11. The van der Waals surface area contributed by atoms with Crippen LogP contribution in [0.15, 0.2) is 49.3 Å². The first-order valence-corrected chi connectivity index (χ1v) is 12.9. The van der Waals surface area contributed by atoms with Crippen LogP contribution in [-0.2, 0) is 43.2 Å². The van der Waals surface area contributed by atoms with Crippen molar-refractivity contribution in [2.24, 2.45) is 11.5 Å². The summed E-state index contributed by atoms with van der Waals surface area (Å²) in [5, 5.41) is 26.5. The van der Waals surface area contributed by atoms with E-state index in [1.54, 1.807) is 12.1 Å². The topological polar surface area (TPSA) is 271 Å². The number of phenolic OH excluding ortho intramolecular Hbond substituents is 1. The third-order valence-electron chi connectivity index (χ3n) is 6.25. The van der Waals surface area contributed by atoms with E-state index in [4.69, 9.17) is 11.5 Å². The van der Waals surface area contributed by atoms with E-state index < -0.39 is 53.8 Å².